The number of benzene rings is 1. The molecule has 0 saturated carbocycles. The van der Waals surface area contributed by atoms with Crippen LogP contribution in [-0.4, -0.2) is 14.4 Å². The van der Waals surface area contributed by atoms with Gasteiger partial charge >= 0.3 is 0 Å². The lowest BCUT2D eigenvalue weighted by molar-refractivity contribution is 0.689. The molecule has 16 heavy (non-hydrogen) atoms. The molecular formula is C14H20BN. The summed E-state index contributed by atoms with van der Waals surface area (Å²) in [6.45, 7) is 6.22. The monoisotopic (exact) mass is 213 g/mol. The molecule has 0 amide bonds. The lowest BCUT2D eigenvalue weighted by Gasteiger charge is -2.04. The van der Waals surface area contributed by atoms with Crippen LogP contribution in [0.5, 0.6) is 0 Å². The first-order valence-electron chi connectivity index (χ1n) is 5.94. The Kier molecular flexibility index (Phi) is 5.95. The first-order chi connectivity index (χ1) is 7.72. The molecular weight excluding hydrogens is 193 g/mol. The van der Waals surface area contributed by atoms with Gasteiger partial charge in [0.25, 0.3) is 0 Å². The van der Waals surface area contributed by atoms with Crippen LogP contribution in [0.1, 0.15) is 25.8 Å². The molecule has 0 aromatic heterocycles. The average molecular weight is 213 g/mol. The summed E-state index contributed by atoms with van der Waals surface area (Å²) in [5.41, 5.74) is 2.06. The van der Waals surface area contributed by atoms with E-state index in [1.807, 2.05) is 18.2 Å². The second-order valence-corrected chi connectivity index (χ2v) is 4.19. The van der Waals surface area contributed by atoms with Gasteiger partial charge in [0.15, 0.2) is 0 Å². The first-order valence-corrected chi connectivity index (χ1v) is 5.94. The average Bonchev–Trinajstić information content (AvgIpc) is 2.28. The fourth-order valence-corrected chi connectivity index (χ4v) is 1.44. The summed E-state index contributed by atoms with van der Waals surface area (Å²) in [6, 6.07) is 7.99. The van der Waals surface area contributed by atoms with Gasteiger partial charge < -0.3 is 5.32 Å². The first kappa shape index (κ1) is 13.1. The fraction of sp³-hybridized carbons (Fsp3) is 0.429. The van der Waals surface area contributed by atoms with E-state index < -0.39 is 0 Å². The summed E-state index contributed by atoms with van der Waals surface area (Å²) >= 11 is 0. The zero-order chi connectivity index (χ0) is 11.8. The summed E-state index contributed by atoms with van der Waals surface area (Å²) in [6.07, 6.45) is 5.65. The molecule has 2 heteroatoms. The van der Waals surface area contributed by atoms with Gasteiger partial charge in [0.1, 0.15) is 7.85 Å². The second-order valence-electron chi connectivity index (χ2n) is 4.19. The van der Waals surface area contributed by atoms with Crippen molar-refractivity contribution in [2.75, 3.05) is 6.54 Å². The molecule has 84 valence electrons. The highest BCUT2D eigenvalue weighted by Crippen LogP contribution is 2.01. The van der Waals surface area contributed by atoms with Crippen molar-refractivity contribution in [3.8, 4) is 0 Å². The van der Waals surface area contributed by atoms with E-state index in [0.29, 0.717) is 5.92 Å². The molecule has 0 fully saturated rings. The summed E-state index contributed by atoms with van der Waals surface area (Å²) in [4.78, 5) is 0. The Morgan fingerprint density at radius 2 is 2.25 bits per heavy atom. The SMILES string of the molecule is [B]c1cccc(CNC/C=C/C(C)CC)c1. The normalized spacial score (nSPS) is 13.1. The van der Waals surface area contributed by atoms with Gasteiger partial charge in [-0.1, -0.05) is 62.1 Å². The van der Waals surface area contributed by atoms with Crippen molar-refractivity contribution in [3.05, 3.63) is 42.0 Å². The van der Waals surface area contributed by atoms with E-state index in [1.54, 1.807) is 0 Å². The highest BCUT2D eigenvalue weighted by atomic mass is 14.8. The van der Waals surface area contributed by atoms with Crippen molar-refractivity contribution in [2.24, 2.45) is 5.92 Å². The van der Waals surface area contributed by atoms with Gasteiger partial charge in [-0.15, -0.1) is 0 Å². The third kappa shape index (κ3) is 5.17. The molecule has 0 heterocycles. The predicted octanol–water partition coefficient (Wildman–Crippen LogP) is 2.17. The number of nitrogens with one attached hydrogen (secondary N) is 1. The van der Waals surface area contributed by atoms with Gasteiger partial charge in [-0.05, 0) is 11.5 Å². The Morgan fingerprint density at radius 1 is 1.44 bits per heavy atom. The van der Waals surface area contributed by atoms with Crippen LogP contribution < -0.4 is 10.8 Å². The highest BCUT2D eigenvalue weighted by molar-refractivity contribution is 6.32. The van der Waals surface area contributed by atoms with Crippen LogP contribution in [-0.2, 0) is 6.54 Å². The van der Waals surface area contributed by atoms with Crippen molar-refractivity contribution in [1.29, 1.82) is 0 Å². The van der Waals surface area contributed by atoms with Crippen molar-refractivity contribution in [1.82, 2.24) is 5.32 Å². The van der Waals surface area contributed by atoms with Crippen molar-refractivity contribution in [3.63, 3.8) is 0 Å². The molecule has 1 N–H and O–H groups in total. The molecule has 0 aliphatic carbocycles. The Bertz CT molecular complexity index is 333. The zero-order valence-electron chi connectivity index (χ0n) is 10.2. The Balaban J connectivity index is 2.23. The molecule has 0 aliphatic heterocycles. The zero-order valence-corrected chi connectivity index (χ0v) is 10.2. The molecule has 1 aromatic carbocycles. The molecule has 1 atom stereocenters. The summed E-state index contributed by atoms with van der Waals surface area (Å²) < 4.78 is 0. The number of rotatable bonds is 6. The van der Waals surface area contributed by atoms with E-state index in [0.717, 1.165) is 18.6 Å². The Hall–Kier alpha value is -1.02. The summed E-state index contributed by atoms with van der Waals surface area (Å²) in [5.74, 6) is 0.675. The van der Waals surface area contributed by atoms with Crippen LogP contribution >= 0.6 is 0 Å². The van der Waals surface area contributed by atoms with Crippen LogP contribution in [0.15, 0.2) is 36.4 Å². The molecule has 1 nitrogen and oxygen atoms in total. The lowest BCUT2D eigenvalue weighted by atomic mass is 9.94. The van der Waals surface area contributed by atoms with Crippen LogP contribution in [0.2, 0.25) is 0 Å². The minimum absolute atomic E-state index is 0.675. The molecule has 1 unspecified atom stereocenters. The van der Waals surface area contributed by atoms with E-state index in [9.17, 15) is 0 Å². The molecule has 0 bridgehead atoms. The molecule has 1 aromatic rings. The minimum Gasteiger partial charge on any atom is -0.309 e. The standard InChI is InChI=1S/C14H20BN/c1-3-12(2)6-5-9-16-11-13-7-4-8-14(15)10-13/h4-8,10,12,16H,3,9,11H2,1-2H3/b6-5+. The maximum atomic E-state index is 5.70. The van der Waals surface area contributed by atoms with E-state index in [1.165, 1.54) is 12.0 Å². The topological polar surface area (TPSA) is 12.0 Å². The van der Waals surface area contributed by atoms with Gasteiger partial charge in [-0.3, -0.25) is 0 Å². The van der Waals surface area contributed by atoms with Gasteiger partial charge in [-0.25, -0.2) is 0 Å². The van der Waals surface area contributed by atoms with E-state index in [4.69, 9.17) is 7.85 Å². The van der Waals surface area contributed by atoms with Gasteiger partial charge in [-0.2, -0.15) is 0 Å². The maximum Gasteiger partial charge on any atom is 0.113 e. The Labute approximate surface area is 100 Å². The summed E-state index contributed by atoms with van der Waals surface area (Å²) in [7, 11) is 5.70. The molecule has 1 rings (SSSR count). The van der Waals surface area contributed by atoms with Crippen LogP contribution in [0.3, 0.4) is 0 Å². The number of hydrogen-bond donors (Lipinski definition) is 1. The van der Waals surface area contributed by atoms with E-state index in [-0.39, 0.29) is 0 Å². The number of hydrogen-bond acceptors (Lipinski definition) is 1. The van der Waals surface area contributed by atoms with Crippen molar-refractivity contribution < 1.29 is 0 Å². The van der Waals surface area contributed by atoms with Gasteiger partial charge in [0.2, 0.25) is 0 Å². The predicted molar refractivity (Wildman–Crippen MR) is 72.1 cm³/mol. The van der Waals surface area contributed by atoms with Gasteiger partial charge in [0, 0.05) is 13.1 Å². The van der Waals surface area contributed by atoms with Crippen molar-refractivity contribution in [2.45, 2.75) is 26.8 Å². The smallest absolute Gasteiger partial charge is 0.113 e. The second kappa shape index (κ2) is 7.29. The highest BCUT2D eigenvalue weighted by Gasteiger charge is 1.92. The van der Waals surface area contributed by atoms with Crippen LogP contribution in [0.25, 0.3) is 0 Å². The van der Waals surface area contributed by atoms with Crippen LogP contribution in [0.4, 0.5) is 0 Å². The minimum atomic E-state index is 0.675. The summed E-state index contributed by atoms with van der Waals surface area (Å²) in [5, 5.41) is 3.37. The molecule has 0 spiro atoms. The lowest BCUT2D eigenvalue weighted by Crippen LogP contribution is -2.14. The Morgan fingerprint density at radius 3 is 2.94 bits per heavy atom. The van der Waals surface area contributed by atoms with E-state index >= 15 is 0 Å². The molecule has 2 radical (unpaired) electrons. The fourth-order valence-electron chi connectivity index (χ4n) is 1.44. The maximum absolute atomic E-state index is 5.70. The van der Waals surface area contributed by atoms with Gasteiger partial charge in [0.05, 0.1) is 0 Å². The van der Waals surface area contributed by atoms with Crippen molar-refractivity contribution >= 4 is 13.3 Å². The molecule has 0 aliphatic rings. The quantitative estimate of drug-likeness (QED) is 0.434. The largest absolute Gasteiger partial charge is 0.309 e. The number of allylic oxidation sites excluding steroid dienone is 1. The third-order valence-electron chi connectivity index (χ3n) is 2.65. The van der Waals surface area contributed by atoms with E-state index in [2.05, 4.69) is 37.4 Å². The third-order valence-corrected chi connectivity index (χ3v) is 2.65. The molecule has 0 saturated heterocycles. The van der Waals surface area contributed by atoms with Crippen LogP contribution in [0, 0.1) is 5.92 Å².